The van der Waals surface area contributed by atoms with Crippen molar-refractivity contribution < 1.29 is 28.9 Å². The number of β-lactam (4-membered cyclic amide) rings is 1. The van der Waals surface area contributed by atoms with Crippen molar-refractivity contribution in [3.05, 3.63) is 51.9 Å². The van der Waals surface area contributed by atoms with E-state index in [0.29, 0.717) is 17.9 Å². The number of halogens is 1. The Morgan fingerprint density at radius 3 is 2.89 bits per heavy atom. The Balaban J connectivity index is 1.38. The van der Waals surface area contributed by atoms with Gasteiger partial charge in [0.15, 0.2) is 17.9 Å². The Kier molecular flexibility index (Phi) is 6.63. The number of carboxylic acid groups (broad SMARTS) is 1. The number of hydrogen-bond donors (Lipinski definition) is 3. The monoisotopic (exact) mass is 607 g/mol. The van der Waals surface area contributed by atoms with Crippen molar-refractivity contribution >= 4 is 73.4 Å². The number of nitrogens with zero attached hydrogens (tertiary/aromatic N) is 6. The molecule has 5 heterocycles. The summed E-state index contributed by atoms with van der Waals surface area (Å²) < 4.78 is 8.80. The van der Waals surface area contributed by atoms with Crippen LogP contribution in [-0.4, -0.2) is 71.5 Å². The van der Waals surface area contributed by atoms with Gasteiger partial charge in [0.05, 0.1) is 10.8 Å². The Labute approximate surface area is 226 Å². The minimum absolute atomic E-state index is 0.0328. The lowest BCUT2D eigenvalue weighted by Gasteiger charge is -2.49. The predicted molar refractivity (Wildman–Crippen MR) is 138 cm³/mol. The first-order valence-electron chi connectivity index (χ1n) is 10.8. The number of aryl methyl sites for hydroxylation is 1. The van der Waals surface area contributed by atoms with Gasteiger partial charge >= 0.3 is 5.97 Å². The van der Waals surface area contributed by atoms with Crippen LogP contribution in [0.4, 0.5) is 5.13 Å². The number of hydrogen-bond acceptors (Lipinski definition) is 10. The summed E-state index contributed by atoms with van der Waals surface area (Å²) in [6.45, 7) is 2.25. The molecule has 2 aliphatic rings. The first-order valence-corrected chi connectivity index (χ1v) is 13.4. The van der Waals surface area contributed by atoms with Crippen molar-refractivity contribution in [1.29, 1.82) is 0 Å². The van der Waals surface area contributed by atoms with Crippen molar-refractivity contribution in [2.24, 2.45) is 5.16 Å². The van der Waals surface area contributed by atoms with Crippen LogP contribution in [-0.2, 0) is 25.8 Å². The maximum Gasteiger partial charge on any atom is 0.352 e. The number of amides is 2. The number of oxime groups is 1. The van der Waals surface area contributed by atoms with E-state index in [0.717, 1.165) is 27.3 Å². The number of carboxylic acids is 1. The third-order valence-electron chi connectivity index (χ3n) is 6.01. The molecule has 37 heavy (non-hydrogen) atoms. The molecule has 0 radical (unpaired) electrons. The fourth-order valence-corrected chi connectivity index (χ4v) is 6.48. The topological polar surface area (TPSA) is 168 Å². The molecule has 16 heteroatoms. The Morgan fingerprint density at radius 2 is 2.22 bits per heavy atom. The highest BCUT2D eigenvalue weighted by Crippen LogP contribution is 2.40. The normalized spacial score (nSPS) is 19.6. The van der Waals surface area contributed by atoms with E-state index < -0.39 is 29.2 Å². The molecule has 3 aromatic rings. The molecule has 192 valence electrons. The minimum Gasteiger partial charge on any atom is -0.477 e. The largest absolute Gasteiger partial charge is 0.477 e. The van der Waals surface area contributed by atoms with Gasteiger partial charge in [-0.2, -0.15) is 13.9 Å². The molecule has 3 aromatic heterocycles. The second kappa shape index (κ2) is 9.75. The maximum atomic E-state index is 13.1. The smallest absolute Gasteiger partial charge is 0.352 e. The van der Waals surface area contributed by atoms with Gasteiger partial charge in [0, 0.05) is 29.8 Å². The van der Waals surface area contributed by atoms with Gasteiger partial charge in [0.1, 0.15) is 29.7 Å². The average Bonchev–Trinajstić information content (AvgIpc) is 3.47. The molecule has 0 bridgehead atoms. The summed E-state index contributed by atoms with van der Waals surface area (Å²) in [7, 11) is 1.26. The van der Waals surface area contributed by atoms with Crippen LogP contribution in [0, 0.1) is 6.92 Å². The Morgan fingerprint density at radius 1 is 1.43 bits per heavy atom. The predicted octanol–water partition coefficient (Wildman–Crippen LogP) is 0.521. The van der Waals surface area contributed by atoms with E-state index in [1.165, 1.54) is 23.8 Å². The summed E-state index contributed by atoms with van der Waals surface area (Å²) in [5.74, 6) is -2.13. The van der Waals surface area contributed by atoms with Gasteiger partial charge in [-0.1, -0.05) is 5.16 Å². The lowest BCUT2D eigenvalue weighted by Crippen LogP contribution is -2.71. The summed E-state index contributed by atoms with van der Waals surface area (Å²) >= 11 is 5.76. The minimum atomic E-state index is -1.20. The first-order chi connectivity index (χ1) is 17.7. The number of aromatic nitrogens is 4. The highest BCUT2D eigenvalue weighted by molar-refractivity contribution is 9.10. The molecule has 0 unspecified atom stereocenters. The van der Waals surface area contributed by atoms with Crippen molar-refractivity contribution in [2.45, 2.75) is 24.9 Å². The van der Waals surface area contributed by atoms with Crippen LogP contribution in [0.5, 0.6) is 0 Å². The number of thioether (sulfide) groups is 1. The van der Waals surface area contributed by atoms with Gasteiger partial charge in [0.25, 0.3) is 11.8 Å². The Bertz CT molecular complexity index is 1520. The second-order valence-electron chi connectivity index (χ2n) is 8.12. The number of aliphatic carboxylic acids is 1. The summed E-state index contributed by atoms with van der Waals surface area (Å²) in [6.07, 6.45) is 3.75. The highest BCUT2D eigenvalue weighted by Gasteiger charge is 2.55. The number of carbonyl (C=O) groups excluding carboxylic acids is 2. The summed E-state index contributed by atoms with van der Waals surface area (Å²) in [5.41, 5.74) is 7.80. The molecule has 4 N–H and O–H groups in total. The third-order valence-corrected chi connectivity index (χ3v) is 8.54. The fourth-order valence-electron chi connectivity index (χ4n) is 4.27. The van der Waals surface area contributed by atoms with E-state index in [9.17, 15) is 19.5 Å². The molecule has 1 fully saturated rings. The van der Waals surface area contributed by atoms with Gasteiger partial charge in [-0.15, -0.1) is 11.8 Å². The molecule has 0 spiro atoms. The zero-order valence-electron chi connectivity index (χ0n) is 19.4. The molecule has 0 saturated carbocycles. The number of carbonyl (C=O) groups is 3. The van der Waals surface area contributed by atoms with Crippen molar-refractivity contribution in [2.75, 3.05) is 18.6 Å². The van der Waals surface area contributed by atoms with Crippen LogP contribution < -0.4 is 15.6 Å². The first kappa shape index (κ1) is 25.2. The van der Waals surface area contributed by atoms with E-state index in [4.69, 9.17) is 10.6 Å². The second-order valence-corrected chi connectivity index (χ2v) is 10.8. The van der Waals surface area contributed by atoms with Crippen molar-refractivity contribution in [3.63, 3.8) is 0 Å². The van der Waals surface area contributed by atoms with E-state index in [1.807, 2.05) is 40.4 Å². The molecular formula is C21H20BrN8O5S2+. The van der Waals surface area contributed by atoms with Crippen molar-refractivity contribution in [3.8, 4) is 0 Å². The average molecular weight is 608 g/mol. The maximum absolute atomic E-state index is 13.1. The SMILES string of the molecule is CO/N=C(\C(=O)N[C@@H]1C(=O)N2C(C(=O)O)=C(C[n+]3ccn4c(Br)ccc4c3C)CS[C@@H]12)c1nsc(N)n1. The van der Waals surface area contributed by atoms with Crippen molar-refractivity contribution in [1.82, 2.24) is 24.0 Å². The molecule has 0 aliphatic carbocycles. The summed E-state index contributed by atoms with van der Waals surface area (Å²) in [5, 5.41) is 15.9. The van der Waals surface area contributed by atoms with Gasteiger partial charge in [-0.3, -0.25) is 18.9 Å². The van der Waals surface area contributed by atoms with Gasteiger partial charge in [-0.05, 0) is 28.1 Å². The van der Waals surface area contributed by atoms with Crippen LogP contribution in [0.15, 0.2) is 45.6 Å². The molecule has 0 aromatic carbocycles. The van der Waals surface area contributed by atoms with Crippen LogP contribution in [0.25, 0.3) is 5.52 Å². The van der Waals surface area contributed by atoms with Gasteiger partial charge in [0.2, 0.25) is 17.2 Å². The van der Waals surface area contributed by atoms with E-state index >= 15 is 0 Å². The summed E-state index contributed by atoms with van der Waals surface area (Å²) in [4.78, 5) is 48.1. The molecular weight excluding hydrogens is 588 g/mol. The van der Waals surface area contributed by atoms with Crippen LogP contribution in [0.3, 0.4) is 0 Å². The number of fused-ring (bicyclic) bond motifs is 2. The van der Waals surface area contributed by atoms with Crippen LogP contribution in [0.2, 0.25) is 0 Å². The number of anilines is 1. The lowest BCUT2D eigenvalue weighted by molar-refractivity contribution is -0.694. The number of nitrogens with two attached hydrogens (primary N) is 1. The standard InChI is InChI=1S/C21H19BrN8O5S2/c1-9-11-3-4-12(22)29(11)6-5-28(9)7-10-8-36-19-14(18(32)30(19)15(10)20(33)34)24-17(31)13(26-35-2)16-25-21(23)37-27-16/h3-6,14,19H,7-8H2,1-2H3,(H3-,23,24,25,27,31,33,34)/p+1/b26-13-/t14-,19+/m1/s1. The number of rotatable bonds is 7. The highest BCUT2D eigenvalue weighted by atomic mass is 79.9. The summed E-state index contributed by atoms with van der Waals surface area (Å²) in [6, 6.07) is 2.96. The van der Waals surface area contributed by atoms with Crippen LogP contribution >= 0.6 is 39.2 Å². The molecule has 1 saturated heterocycles. The molecule has 13 nitrogen and oxygen atoms in total. The molecule has 5 rings (SSSR count). The van der Waals surface area contributed by atoms with Crippen LogP contribution in [0.1, 0.15) is 11.5 Å². The lowest BCUT2D eigenvalue weighted by atomic mass is 10.0. The number of nitrogen functional groups attached to an aromatic ring is 1. The fraction of sp³-hybridized carbons (Fsp3) is 0.286. The van der Waals surface area contributed by atoms with E-state index in [1.54, 1.807) is 0 Å². The third kappa shape index (κ3) is 4.34. The van der Waals surface area contributed by atoms with Gasteiger partial charge < -0.3 is 21.0 Å². The zero-order chi connectivity index (χ0) is 26.4. The Hall–Kier alpha value is -3.50. The van der Waals surface area contributed by atoms with Gasteiger partial charge in [-0.25, -0.2) is 4.79 Å². The molecule has 2 amide bonds. The molecule has 2 atom stereocenters. The van der Waals surface area contributed by atoms with E-state index in [2.05, 4.69) is 35.8 Å². The quantitative estimate of drug-likeness (QED) is 0.150. The zero-order valence-corrected chi connectivity index (χ0v) is 22.6. The van der Waals surface area contributed by atoms with E-state index in [-0.39, 0.29) is 22.4 Å². The molecule has 2 aliphatic heterocycles. The number of nitrogens with one attached hydrogen (secondary N) is 1.